The normalized spacial score (nSPS) is 15.6. The van der Waals surface area contributed by atoms with E-state index in [1.54, 1.807) is 28.8 Å². The second kappa shape index (κ2) is 8.06. The zero-order valence-corrected chi connectivity index (χ0v) is 19.0. The Morgan fingerprint density at radius 3 is 2.34 bits per heavy atom. The minimum Gasteiger partial charge on any atom is -0.497 e. The minimum absolute atomic E-state index is 0.406. The first-order valence-corrected chi connectivity index (χ1v) is 12.4. The van der Waals surface area contributed by atoms with Gasteiger partial charge in [-0.25, -0.2) is 13.4 Å². The molecule has 6 nitrogen and oxygen atoms in total. The van der Waals surface area contributed by atoms with Gasteiger partial charge in [0.25, 0.3) is 0 Å². The smallest absolute Gasteiger partial charge is 0.244 e. The van der Waals surface area contributed by atoms with E-state index in [0.717, 1.165) is 31.9 Å². The number of benzene rings is 1. The van der Waals surface area contributed by atoms with Gasteiger partial charge in [-0.15, -0.1) is 22.7 Å². The molecule has 0 spiro atoms. The molecule has 2 aromatic heterocycles. The van der Waals surface area contributed by atoms with Gasteiger partial charge in [-0.1, -0.05) is 0 Å². The molecule has 9 heteroatoms. The van der Waals surface area contributed by atoms with Gasteiger partial charge >= 0.3 is 0 Å². The quantitative estimate of drug-likeness (QED) is 0.589. The van der Waals surface area contributed by atoms with E-state index in [4.69, 9.17) is 4.74 Å². The molecule has 1 aliphatic heterocycles. The maximum atomic E-state index is 13.3. The Hall–Kier alpha value is -1.94. The van der Waals surface area contributed by atoms with Gasteiger partial charge in [0.15, 0.2) is 0 Å². The average Bonchev–Trinajstić information content (AvgIpc) is 3.34. The van der Waals surface area contributed by atoms with Crippen LogP contribution in [0.5, 0.6) is 5.75 Å². The highest BCUT2D eigenvalue weighted by Crippen LogP contribution is 2.36. The summed E-state index contributed by atoms with van der Waals surface area (Å²) in [5.74, 6) is 0.814. The molecule has 1 saturated heterocycles. The number of thiazole rings is 1. The Morgan fingerprint density at radius 2 is 1.76 bits per heavy atom. The van der Waals surface area contributed by atoms with Crippen LogP contribution in [0.15, 0.2) is 40.6 Å². The number of anilines is 1. The van der Waals surface area contributed by atoms with Crippen molar-refractivity contribution in [2.24, 2.45) is 0 Å². The number of methoxy groups -OCH3 is 1. The highest BCUT2D eigenvalue weighted by molar-refractivity contribution is 7.89. The van der Waals surface area contributed by atoms with Gasteiger partial charge in [0.1, 0.15) is 10.8 Å². The van der Waals surface area contributed by atoms with Crippen molar-refractivity contribution in [3.05, 3.63) is 46.3 Å². The fourth-order valence-corrected chi connectivity index (χ4v) is 7.26. The van der Waals surface area contributed by atoms with E-state index < -0.39 is 10.0 Å². The highest BCUT2D eigenvalue weighted by atomic mass is 32.2. The van der Waals surface area contributed by atoms with E-state index in [-0.39, 0.29) is 0 Å². The second-order valence-corrected chi connectivity index (χ2v) is 10.9. The second-order valence-electron chi connectivity index (χ2n) is 6.91. The number of ether oxygens (including phenoxy) is 1. The summed E-state index contributed by atoms with van der Waals surface area (Å²) in [6.07, 6.45) is 0. The zero-order valence-electron chi connectivity index (χ0n) is 16.6. The van der Waals surface area contributed by atoms with Gasteiger partial charge in [-0.05, 0) is 44.2 Å². The SMILES string of the molecule is COc1ccc(N2CCN(S(=O)(=O)c3cc(-c4nc(C)cs4)sc3C)CC2)cc1. The van der Waals surface area contributed by atoms with E-state index in [9.17, 15) is 8.42 Å². The van der Waals surface area contributed by atoms with Crippen molar-refractivity contribution in [2.75, 3.05) is 38.2 Å². The summed E-state index contributed by atoms with van der Waals surface area (Å²) in [6, 6.07) is 9.65. The molecule has 4 rings (SSSR count). The van der Waals surface area contributed by atoms with Gasteiger partial charge < -0.3 is 9.64 Å². The maximum Gasteiger partial charge on any atom is 0.244 e. The first-order valence-electron chi connectivity index (χ1n) is 9.30. The molecule has 3 heterocycles. The number of aryl methyl sites for hydroxylation is 2. The molecule has 1 fully saturated rings. The Morgan fingerprint density at radius 1 is 1.07 bits per heavy atom. The molecule has 0 atom stereocenters. The van der Waals surface area contributed by atoms with Crippen molar-refractivity contribution in [3.63, 3.8) is 0 Å². The lowest BCUT2D eigenvalue weighted by molar-refractivity contribution is 0.384. The van der Waals surface area contributed by atoms with Crippen LogP contribution in [0.2, 0.25) is 0 Å². The van der Waals surface area contributed by atoms with E-state index >= 15 is 0 Å². The Kier molecular flexibility index (Phi) is 5.65. The molecule has 0 saturated carbocycles. The van der Waals surface area contributed by atoms with Crippen LogP contribution in [0.3, 0.4) is 0 Å². The van der Waals surface area contributed by atoms with E-state index in [1.165, 1.54) is 11.3 Å². The molecule has 0 aliphatic carbocycles. The van der Waals surface area contributed by atoms with Crippen molar-refractivity contribution >= 4 is 38.4 Å². The first kappa shape index (κ1) is 20.3. The molecule has 29 heavy (non-hydrogen) atoms. The molecular formula is C20H23N3O3S3. The minimum atomic E-state index is -3.52. The molecule has 0 amide bonds. The van der Waals surface area contributed by atoms with E-state index in [1.807, 2.05) is 43.5 Å². The van der Waals surface area contributed by atoms with Crippen molar-refractivity contribution in [2.45, 2.75) is 18.7 Å². The predicted octanol–water partition coefficient (Wildman–Crippen LogP) is 4.01. The van der Waals surface area contributed by atoms with Crippen LogP contribution in [0.4, 0.5) is 5.69 Å². The maximum absolute atomic E-state index is 13.3. The Labute approximate surface area is 179 Å². The molecule has 154 valence electrons. The first-order chi connectivity index (χ1) is 13.9. The summed E-state index contributed by atoms with van der Waals surface area (Å²) in [5, 5.41) is 2.86. The van der Waals surface area contributed by atoms with Crippen molar-refractivity contribution < 1.29 is 13.2 Å². The summed E-state index contributed by atoms with van der Waals surface area (Å²) in [5.41, 5.74) is 2.03. The molecule has 3 aromatic rings. The van der Waals surface area contributed by atoms with Gasteiger partial charge in [0.2, 0.25) is 10.0 Å². The number of thiophene rings is 1. The number of rotatable bonds is 5. The summed E-state index contributed by atoms with van der Waals surface area (Å²) in [4.78, 5) is 8.82. The van der Waals surface area contributed by atoms with Crippen molar-refractivity contribution in [3.8, 4) is 15.6 Å². The number of nitrogens with zero attached hydrogens (tertiary/aromatic N) is 3. The van der Waals surface area contributed by atoms with Crippen LogP contribution >= 0.6 is 22.7 Å². The lowest BCUT2D eigenvalue weighted by Gasteiger charge is -2.35. The van der Waals surface area contributed by atoms with E-state index in [0.29, 0.717) is 31.1 Å². The predicted molar refractivity (Wildman–Crippen MR) is 119 cm³/mol. The van der Waals surface area contributed by atoms with Gasteiger partial charge in [0.05, 0.1) is 16.9 Å². The number of hydrogen-bond acceptors (Lipinski definition) is 7. The Bertz CT molecular complexity index is 1100. The van der Waals surface area contributed by atoms with Crippen molar-refractivity contribution in [1.82, 2.24) is 9.29 Å². The summed E-state index contributed by atoms with van der Waals surface area (Å²) in [6.45, 7) is 6.07. The number of sulfonamides is 1. The lowest BCUT2D eigenvalue weighted by Crippen LogP contribution is -2.48. The van der Waals surface area contributed by atoms with Crippen LogP contribution in [0.25, 0.3) is 9.88 Å². The number of hydrogen-bond donors (Lipinski definition) is 0. The van der Waals surface area contributed by atoms with Crippen LogP contribution in [-0.2, 0) is 10.0 Å². The van der Waals surface area contributed by atoms with Crippen LogP contribution in [-0.4, -0.2) is 51.0 Å². The lowest BCUT2D eigenvalue weighted by atomic mass is 10.2. The Balaban J connectivity index is 1.49. The molecule has 1 aliphatic rings. The molecule has 0 radical (unpaired) electrons. The molecule has 1 aromatic carbocycles. The molecular weight excluding hydrogens is 426 g/mol. The van der Waals surface area contributed by atoms with Crippen LogP contribution in [0.1, 0.15) is 10.6 Å². The van der Waals surface area contributed by atoms with Gasteiger partial charge in [-0.3, -0.25) is 0 Å². The molecule has 0 bridgehead atoms. The summed E-state index contributed by atoms with van der Waals surface area (Å²) < 4.78 is 33.3. The highest BCUT2D eigenvalue weighted by Gasteiger charge is 2.31. The number of piperazine rings is 1. The topological polar surface area (TPSA) is 62.7 Å². The number of aromatic nitrogens is 1. The van der Waals surface area contributed by atoms with Crippen molar-refractivity contribution in [1.29, 1.82) is 0 Å². The third-order valence-corrected chi connectivity index (χ3v) is 9.33. The molecule has 0 N–H and O–H groups in total. The third-order valence-electron chi connectivity index (χ3n) is 5.00. The van der Waals surface area contributed by atoms with Gasteiger partial charge in [0, 0.05) is 47.8 Å². The fraction of sp³-hybridized carbons (Fsp3) is 0.350. The van der Waals surface area contributed by atoms with Crippen LogP contribution in [0, 0.1) is 13.8 Å². The average molecular weight is 450 g/mol. The monoisotopic (exact) mass is 449 g/mol. The fourth-order valence-electron chi connectivity index (χ4n) is 3.41. The molecule has 0 unspecified atom stereocenters. The standard InChI is InChI=1S/C20H23N3O3S3/c1-14-13-27-20(21-14)18-12-19(15(2)28-18)29(24,25)23-10-8-22(9-11-23)16-4-6-17(26-3)7-5-16/h4-7,12-13H,8-11H2,1-3H3. The third kappa shape index (κ3) is 4.05. The zero-order chi connectivity index (χ0) is 20.6. The van der Waals surface area contributed by atoms with Gasteiger partial charge in [-0.2, -0.15) is 4.31 Å². The van der Waals surface area contributed by atoms with Crippen LogP contribution < -0.4 is 9.64 Å². The largest absolute Gasteiger partial charge is 0.497 e. The summed E-state index contributed by atoms with van der Waals surface area (Å²) >= 11 is 3.04. The van der Waals surface area contributed by atoms with E-state index in [2.05, 4.69) is 9.88 Å². The summed E-state index contributed by atoms with van der Waals surface area (Å²) in [7, 11) is -1.87.